The minimum Gasteiger partial charge on any atom is -0.478 e. The summed E-state index contributed by atoms with van der Waals surface area (Å²) in [5, 5.41) is 14.2. The van der Waals surface area contributed by atoms with Crippen LogP contribution < -0.4 is 5.32 Å². The highest BCUT2D eigenvalue weighted by atomic mass is 16.4. The molecule has 5 heteroatoms. The standard InChI is InChI=1S/C26H31N3O2/c1-5-21-8-9-22(17(4)28-21)23-12-20(26(30)31)11-19-13-24(18-7-6-10-27-14-18)29(25(19)23)15-16(2)3/h7-9,11-13,16,27H,5-6,10,14-15H2,1-4H3,(H,30,31). The Labute approximate surface area is 183 Å². The van der Waals surface area contributed by atoms with Crippen molar-refractivity contribution in [1.82, 2.24) is 14.9 Å². The van der Waals surface area contributed by atoms with Gasteiger partial charge < -0.3 is 15.0 Å². The van der Waals surface area contributed by atoms with Gasteiger partial charge in [-0.2, -0.15) is 0 Å². The van der Waals surface area contributed by atoms with Gasteiger partial charge in [0.15, 0.2) is 0 Å². The fraction of sp³-hybridized carbons (Fsp3) is 0.385. The third-order valence-corrected chi connectivity index (χ3v) is 5.94. The van der Waals surface area contributed by atoms with Crippen molar-refractivity contribution in [3.63, 3.8) is 0 Å². The smallest absolute Gasteiger partial charge is 0.335 e. The molecule has 2 aromatic heterocycles. The van der Waals surface area contributed by atoms with Gasteiger partial charge in [-0.05, 0) is 62.1 Å². The number of aryl methyl sites for hydroxylation is 2. The minimum absolute atomic E-state index is 0.311. The minimum atomic E-state index is -0.907. The number of aromatic carboxylic acids is 1. The molecule has 0 bridgehead atoms. The summed E-state index contributed by atoms with van der Waals surface area (Å²) in [6, 6.07) is 9.92. The third kappa shape index (κ3) is 4.15. The van der Waals surface area contributed by atoms with Crippen LogP contribution in [0.4, 0.5) is 0 Å². The Morgan fingerprint density at radius 2 is 2.03 bits per heavy atom. The molecule has 5 nitrogen and oxygen atoms in total. The molecule has 0 saturated carbocycles. The number of fused-ring (bicyclic) bond motifs is 1. The lowest BCUT2D eigenvalue weighted by Crippen LogP contribution is -2.23. The van der Waals surface area contributed by atoms with Crippen LogP contribution in [0.3, 0.4) is 0 Å². The number of benzene rings is 1. The number of carbonyl (C=O) groups is 1. The number of hydrogen-bond acceptors (Lipinski definition) is 3. The molecule has 2 N–H and O–H groups in total. The fourth-order valence-electron chi connectivity index (χ4n) is 4.50. The molecule has 3 aromatic rings. The van der Waals surface area contributed by atoms with E-state index >= 15 is 0 Å². The van der Waals surface area contributed by atoms with E-state index in [1.807, 2.05) is 25.1 Å². The highest BCUT2D eigenvalue weighted by Gasteiger charge is 2.21. The summed E-state index contributed by atoms with van der Waals surface area (Å²) in [6.45, 7) is 11.2. The Morgan fingerprint density at radius 3 is 2.65 bits per heavy atom. The molecule has 31 heavy (non-hydrogen) atoms. The van der Waals surface area contributed by atoms with Crippen molar-refractivity contribution in [3.05, 3.63) is 59.1 Å². The lowest BCUT2D eigenvalue weighted by atomic mass is 9.98. The summed E-state index contributed by atoms with van der Waals surface area (Å²) in [4.78, 5) is 16.7. The summed E-state index contributed by atoms with van der Waals surface area (Å²) in [5.74, 6) is -0.448. The second-order valence-corrected chi connectivity index (χ2v) is 8.78. The van der Waals surface area contributed by atoms with Gasteiger partial charge in [-0.25, -0.2) is 4.79 Å². The van der Waals surface area contributed by atoms with Crippen LogP contribution in [-0.2, 0) is 13.0 Å². The molecule has 0 atom stereocenters. The summed E-state index contributed by atoms with van der Waals surface area (Å²) in [7, 11) is 0. The summed E-state index contributed by atoms with van der Waals surface area (Å²) in [5.41, 5.74) is 7.77. The Morgan fingerprint density at radius 1 is 1.23 bits per heavy atom. The first-order valence-corrected chi connectivity index (χ1v) is 11.2. The van der Waals surface area contributed by atoms with E-state index in [0.29, 0.717) is 11.5 Å². The summed E-state index contributed by atoms with van der Waals surface area (Å²) in [6.07, 6.45) is 4.19. The summed E-state index contributed by atoms with van der Waals surface area (Å²) >= 11 is 0. The van der Waals surface area contributed by atoms with E-state index in [2.05, 4.69) is 48.9 Å². The maximum atomic E-state index is 11.9. The van der Waals surface area contributed by atoms with Crippen molar-refractivity contribution >= 4 is 22.4 Å². The van der Waals surface area contributed by atoms with E-state index in [1.54, 1.807) is 0 Å². The largest absolute Gasteiger partial charge is 0.478 e. The van der Waals surface area contributed by atoms with E-state index in [1.165, 1.54) is 11.3 Å². The Hall–Kier alpha value is -2.92. The zero-order chi connectivity index (χ0) is 22.1. The highest BCUT2D eigenvalue weighted by Crippen LogP contribution is 2.36. The fourth-order valence-corrected chi connectivity index (χ4v) is 4.50. The van der Waals surface area contributed by atoms with Crippen LogP contribution in [0.25, 0.3) is 27.6 Å². The quantitative estimate of drug-likeness (QED) is 0.571. The Kier molecular flexibility index (Phi) is 5.96. The number of nitrogens with one attached hydrogen (secondary N) is 1. The van der Waals surface area contributed by atoms with Crippen LogP contribution in [-0.4, -0.2) is 33.7 Å². The molecule has 0 unspecified atom stereocenters. The monoisotopic (exact) mass is 417 g/mol. The van der Waals surface area contributed by atoms with E-state index in [9.17, 15) is 9.90 Å². The molecule has 0 saturated heterocycles. The van der Waals surface area contributed by atoms with Crippen molar-refractivity contribution in [2.75, 3.05) is 13.1 Å². The van der Waals surface area contributed by atoms with Crippen LogP contribution in [0, 0.1) is 12.8 Å². The van der Waals surface area contributed by atoms with Gasteiger partial charge in [0.25, 0.3) is 0 Å². The van der Waals surface area contributed by atoms with Crippen LogP contribution in [0.2, 0.25) is 0 Å². The highest BCUT2D eigenvalue weighted by molar-refractivity contribution is 6.03. The molecule has 0 radical (unpaired) electrons. The number of carboxylic acid groups (broad SMARTS) is 1. The molecular formula is C26H31N3O2. The van der Waals surface area contributed by atoms with Gasteiger partial charge in [0.1, 0.15) is 0 Å². The van der Waals surface area contributed by atoms with Gasteiger partial charge in [-0.15, -0.1) is 0 Å². The van der Waals surface area contributed by atoms with Crippen molar-refractivity contribution in [2.45, 2.75) is 47.1 Å². The zero-order valence-electron chi connectivity index (χ0n) is 18.8. The average Bonchev–Trinajstić information content (AvgIpc) is 3.11. The van der Waals surface area contributed by atoms with Crippen molar-refractivity contribution in [2.24, 2.45) is 5.92 Å². The topological polar surface area (TPSA) is 67.2 Å². The molecule has 1 aromatic carbocycles. The first kappa shape index (κ1) is 21.3. The maximum Gasteiger partial charge on any atom is 0.335 e. The van der Waals surface area contributed by atoms with Crippen molar-refractivity contribution in [3.8, 4) is 11.1 Å². The number of hydrogen-bond donors (Lipinski definition) is 2. The van der Waals surface area contributed by atoms with E-state index < -0.39 is 5.97 Å². The number of pyridine rings is 1. The first-order chi connectivity index (χ1) is 14.9. The maximum absolute atomic E-state index is 11.9. The Bertz CT molecular complexity index is 1170. The average molecular weight is 418 g/mol. The van der Waals surface area contributed by atoms with Gasteiger partial charge in [0.05, 0.1) is 11.1 Å². The predicted octanol–water partition coefficient (Wildman–Crippen LogP) is 5.31. The molecule has 1 aliphatic heterocycles. The Balaban J connectivity index is 2.05. The van der Waals surface area contributed by atoms with E-state index in [-0.39, 0.29) is 0 Å². The molecule has 1 aliphatic rings. The van der Waals surface area contributed by atoms with Crippen molar-refractivity contribution in [1.29, 1.82) is 0 Å². The first-order valence-electron chi connectivity index (χ1n) is 11.2. The van der Waals surface area contributed by atoms with Crippen molar-refractivity contribution < 1.29 is 9.90 Å². The van der Waals surface area contributed by atoms with Gasteiger partial charge in [0, 0.05) is 46.7 Å². The number of nitrogens with zero attached hydrogens (tertiary/aromatic N) is 2. The van der Waals surface area contributed by atoms with Crippen LogP contribution in [0.5, 0.6) is 0 Å². The number of carboxylic acids is 1. The molecular weight excluding hydrogens is 386 g/mol. The number of aromatic nitrogens is 2. The summed E-state index contributed by atoms with van der Waals surface area (Å²) < 4.78 is 2.38. The molecule has 0 amide bonds. The van der Waals surface area contributed by atoms with Gasteiger partial charge in [-0.1, -0.05) is 32.9 Å². The third-order valence-electron chi connectivity index (χ3n) is 5.94. The molecule has 0 fully saturated rings. The van der Waals surface area contributed by atoms with Gasteiger partial charge >= 0.3 is 5.97 Å². The van der Waals surface area contributed by atoms with Gasteiger partial charge in [-0.3, -0.25) is 4.98 Å². The van der Waals surface area contributed by atoms with E-state index in [0.717, 1.165) is 65.9 Å². The lowest BCUT2D eigenvalue weighted by molar-refractivity contribution is 0.0697. The zero-order valence-corrected chi connectivity index (χ0v) is 18.8. The number of rotatable bonds is 6. The SMILES string of the molecule is CCc1ccc(-c2cc(C(=O)O)cc3cc(C4=CCCNC4)n(CC(C)C)c23)c(C)n1. The molecule has 0 spiro atoms. The van der Waals surface area contributed by atoms with Crippen LogP contribution >= 0.6 is 0 Å². The molecule has 4 rings (SSSR count). The molecule has 162 valence electrons. The normalized spacial score (nSPS) is 14.3. The second kappa shape index (κ2) is 8.67. The second-order valence-electron chi connectivity index (χ2n) is 8.78. The predicted molar refractivity (Wildman–Crippen MR) is 127 cm³/mol. The molecule has 3 heterocycles. The van der Waals surface area contributed by atoms with Gasteiger partial charge in [0.2, 0.25) is 0 Å². The van der Waals surface area contributed by atoms with Crippen LogP contribution in [0.15, 0.2) is 36.4 Å². The lowest BCUT2D eigenvalue weighted by Gasteiger charge is -2.20. The molecule has 0 aliphatic carbocycles. The van der Waals surface area contributed by atoms with Crippen LogP contribution in [0.1, 0.15) is 54.6 Å². The van der Waals surface area contributed by atoms with E-state index in [4.69, 9.17) is 4.98 Å².